The van der Waals surface area contributed by atoms with Gasteiger partial charge in [-0.1, -0.05) is 50.6 Å². The van der Waals surface area contributed by atoms with Crippen LogP contribution in [0.25, 0.3) is 11.0 Å². The van der Waals surface area contributed by atoms with Crippen molar-refractivity contribution in [2.45, 2.75) is 38.0 Å². The number of halogens is 1. The molecule has 3 aromatic rings. The number of hydrogen-bond acceptors (Lipinski definition) is 5. The van der Waals surface area contributed by atoms with Crippen LogP contribution < -0.4 is 11.2 Å². The van der Waals surface area contributed by atoms with Gasteiger partial charge in [0, 0.05) is 31.3 Å². The van der Waals surface area contributed by atoms with Crippen molar-refractivity contribution in [3.8, 4) is 0 Å². The first kappa shape index (κ1) is 20.6. The molecule has 2 aromatic heterocycles. The first-order chi connectivity index (χ1) is 13.1. The maximum Gasteiger partial charge on any atom is 0.332 e. The van der Waals surface area contributed by atoms with Gasteiger partial charge in [0.2, 0.25) is 0 Å². The molecular formula is C20H23ClN4O2S. The molecule has 0 saturated heterocycles. The second-order valence-corrected chi connectivity index (χ2v) is 9.34. The van der Waals surface area contributed by atoms with Gasteiger partial charge in [-0.3, -0.25) is 13.9 Å². The number of thioether (sulfide) groups is 1. The quantitative estimate of drug-likeness (QED) is 0.478. The summed E-state index contributed by atoms with van der Waals surface area (Å²) >= 11 is 7.70. The summed E-state index contributed by atoms with van der Waals surface area (Å²) in [7, 11) is 3.09. The maximum atomic E-state index is 12.8. The van der Waals surface area contributed by atoms with Crippen LogP contribution in [0.15, 0.2) is 38.9 Å². The number of nitrogens with zero attached hydrogens (tertiary/aromatic N) is 4. The highest BCUT2D eigenvalue weighted by atomic mass is 35.5. The Hall–Kier alpha value is -2.12. The Morgan fingerprint density at radius 2 is 1.75 bits per heavy atom. The van der Waals surface area contributed by atoms with Gasteiger partial charge in [0.1, 0.15) is 16.2 Å². The van der Waals surface area contributed by atoms with E-state index >= 15 is 0 Å². The van der Waals surface area contributed by atoms with E-state index in [9.17, 15) is 9.59 Å². The minimum absolute atomic E-state index is 0.0308. The maximum absolute atomic E-state index is 12.8. The molecule has 0 aliphatic rings. The molecule has 0 atom stereocenters. The van der Waals surface area contributed by atoms with E-state index in [4.69, 9.17) is 11.6 Å². The lowest BCUT2D eigenvalue weighted by molar-refractivity contribution is 0.399. The van der Waals surface area contributed by atoms with Crippen LogP contribution in [-0.4, -0.2) is 19.1 Å². The highest BCUT2D eigenvalue weighted by Crippen LogP contribution is 2.29. The molecule has 0 aliphatic carbocycles. The van der Waals surface area contributed by atoms with Gasteiger partial charge in [-0.2, -0.15) is 0 Å². The molecule has 0 unspecified atom stereocenters. The van der Waals surface area contributed by atoms with Gasteiger partial charge in [0.05, 0.1) is 0 Å². The number of aromatic nitrogens is 4. The molecule has 2 heterocycles. The molecule has 0 N–H and O–H groups in total. The molecule has 148 valence electrons. The second kappa shape index (κ2) is 7.72. The normalized spacial score (nSPS) is 11.9. The van der Waals surface area contributed by atoms with Crippen molar-refractivity contribution in [2.75, 3.05) is 0 Å². The van der Waals surface area contributed by atoms with E-state index in [1.807, 2.05) is 24.3 Å². The largest absolute Gasteiger partial charge is 0.332 e. The van der Waals surface area contributed by atoms with Gasteiger partial charge in [0.15, 0.2) is 5.65 Å². The standard InChI is InChI=1S/C20H23ClN4O2S/c1-20(2,3)10-14-22-16-15(18(26)25(5)19(27)24(16)4)17(23-14)28-11-12-8-6-7-9-13(12)21/h6-9H,10-11H2,1-5H3. The zero-order chi connectivity index (χ0) is 20.6. The van der Waals surface area contributed by atoms with Crippen molar-refractivity contribution in [3.63, 3.8) is 0 Å². The summed E-state index contributed by atoms with van der Waals surface area (Å²) < 4.78 is 2.50. The highest BCUT2D eigenvalue weighted by molar-refractivity contribution is 7.98. The Labute approximate surface area is 172 Å². The Kier molecular flexibility index (Phi) is 5.68. The van der Waals surface area contributed by atoms with Crippen molar-refractivity contribution in [3.05, 3.63) is 61.5 Å². The van der Waals surface area contributed by atoms with Crippen LogP contribution in [0, 0.1) is 5.41 Å². The third-order valence-corrected chi connectivity index (χ3v) is 5.72. The van der Waals surface area contributed by atoms with Crippen LogP contribution in [-0.2, 0) is 26.3 Å². The Morgan fingerprint density at radius 3 is 2.39 bits per heavy atom. The molecule has 0 aliphatic heterocycles. The lowest BCUT2D eigenvalue weighted by Gasteiger charge is -2.18. The summed E-state index contributed by atoms with van der Waals surface area (Å²) in [4.78, 5) is 34.4. The number of benzene rings is 1. The average molecular weight is 419 g/mol. The molecule has 0 saturated carbocycles. The summed E-state index contributed by atoms with van der Waals surface area (Å²) in [6.45, 7) is 6.29. The Morgan fingerprint density at radius 1 is 1.07 bits per heavy atom. The number of rotatable bonds is 4. The van der Waals surface area contributed by atoms with Crippen molar-refractivity contribution in [2.24, 2.45) is 19.5 Å². The molecule has 1 aromatic carbocycles. The number of hydrogen-bond donors (Lipinski definition) is 0. The predicted molar refractivity (Wildman–Crippen MR) is 114 cm³/mol. The van der Waals surface area contributed by atoms with Crippen LogP contribution in [0.2, 0.25) is 5.02 Å². The molecule has 6 nitrogen and oxygen atoms in total. The van der Waals surface area contributed by atoms with Crippen LogP contribution in [0.4, 0.5) is 0 Å². The monoisotopic (exact) mass is 418 g/mol. The van der Waals surface area contributed by atoms with Gasteiger partial charge < -0.3 is 0 Å². The van der Waals surface area contributed by atoms with Gasteiger partial charge in [0.25, 0.3) is 5.56 Å². The summed E-state index contributed by atoms with van der Waals surface area (Å²) in [6, 6.07) is 7.59. The van der Waals surface area contributed by atoms with Crippen LogP contribution in [0.3, 0.4) is 0 Å². The van der Waals surface area contributed by atoms with Gasteiger partial charge in [-0.05, 0) is 17.0 Å². The van der Waals surface area contributed by atoms with E-state index in [2.05, 4.69) is 30.7 Å². The Balaban J connectivity index is 2.19. The summed E-state index contributed by atoms with van der Waals surface area (Å²) in [5.41, 5.74) is 0.503. The molecule has 0 fully saturated rings. The average Bonchev–Trinajstić information content (AvgIpc) is 2.62. The summed E-state index contributed by atoms with van der Waals surface area (Å²) in [5, 5.41) is 1.60. The third-order valence-electron chi connectivity index (χ3n) is 4.32. The minimum Gasteiger partial charge on any atom is -0.280 e. The molecule has 0 bridgehead atoms. The number of aryl methyl sites for hydroxylation is 1. The van der Waals surface area contributed by atoms with Gasteiger partial charge in [-0.25, -0.2) is 14.8 Å². The zero-order valence-electron chi connectivity index (χ0n) is 16.6. The predicted octanol–water partition coefficient (Wildman–Crippen LogP) is 3.56. The zero-order valence-corrected chi connectivity index (χ0v) is 18.2. The van der Waals surface area contributed by atoms with Crippen molar-refractivity contribution in [1.82, 2.24) is 19.1 Å². The van der Waals surface area contributed by atoms with Crippen LogP contribution in [0.5, 0.6) is 0 Å². The lowest BCUT2D eigenvalue weighted by atomic mass is 9.92. The topological polar surface area (TPSA) is 69.8 Å². The molecule has 28 heavy (non-hydrogen) atoms. The fourth-order valence-corrected chi connectivity index (χ4v) is 4.21. The van der Waals surface area contributed by atoms with Crippen molar-refractivity contribution in [1.29, 1.82) is 0 Å². The molecule has 8 heteroatoms. The fourth-order valence-electron chi connectivity index (χ4n) is 2.89. The lowest BCUT2D eigenvalue weighted by Crippen LogP contribution is -2.38. The summed E-state index contributed by atoms with van der Waals surface area (Å²) in [5.74, 6) is 1.18. The van der Waals surface area contributed by atoms with E-state index in [0.717, 1.165) is 10.1 Å². The van der Waals surface area contributed by atoms with E-state index in [0.29, 0.717) is 39.1 Å². The van der Waals surface area contributed by atoms with E-state index < -0.39 is 5.69 Å². The summed E-state index contributed by atoms with van der Waals surface area (Å²) in [6.07, 6.45) is 0.631. The highest BCUT2D eigenvalue weighted by Gasteiger charge is 2.20. The van der Waals surface area contributed by atoms with Gasteiger partial charge in [-0.15, -0.1) is 11.8 Å². The molecule has 0 amide bonds. The van der Waals surface area contributed by atoms with Gasteiger partial charge >= 0.3 is 5.69 Å². The van der Waals surface area contributed by atoms with Crippen molar-refractivity contribution >= 4 is 34.4 Å². The SMILES string of the molecule is Cn1c(=O)c2c(SCc3ccccc3Cl)nc(CC(C)(C)C)nc2n(C)c1=O. The molecule has 0 spiro atoms. The third kappa shape index (κ3) is 4.15. The molecule has 0 radical (unpaired) electrons. The molecular weight excluding hydrogens is 396 g/mol. The number of fused-ring (bicyclic) bond motifs is 1. The van der Waals surface area contributed by atoms with E-state index in [1.165, 1.54) is 23.4 Å². The first-order valence-corrected chi connectivity index (χ1v) is 10.3. The van der Waals surface area contributed by atoms with Crippen LogP contribution in [0.1, 0.15) is 32.2 Å². The van der Waals surface area contributed by atoms with Crippen LogP contribution >= 0.6 is 23.4 Å². The fraction of sp³-hybridized carbons (Fsp3) is 0.400. The first-order valence-electron chi connectivity index (χ1n) is 8.91. The molecule has 3 rings (SSSR count). The Bertz CT molecular complexity index is 1160. The van der Waals surface area contributed by atoms with E-state index in [-0.39, 0.29) is 11.0 Å². The second-order valence-electron chi connectivity index (χ2n) is 7.97. The van der Waals surface area contributed by atoms with Crippen molar-refractivity contribution < 1.29 is 0 Å². The van der Waals surface area contributed by atoms with E-state index in [1.54, 1.807) is 7.05 Å². The smallest absolute Gasteiger partial charge is 0.280 e. The minimum atomic E-state index is -0.403.